The van der Waals surface area contributed by atoms with Crippen molar-refractivity contribution in [1.82, 2.24) is 4.98 Å². The fourth-order valence-corrected chi connectivity index (χ4v) is 2.71. The van der Waals surface area contributed by atoms with Crippen LogP contribution < -0.4 is 15.2 Å². The minimum atomic E-state index is -4.79. The zero-order valence-electron chi connectivity index (χ0n) is 15.5. The van der Waals surface area contributed by atoms with Crippen molar-refractivity contribution in [3.63, 3.8) is 0 Å². The van der Waals surface area contributed by atoms with E-state index in [0.717, 1.165) is 11.6 Å². The van der Waals surface area contributed by atoms with Crippen molar-refractivity contribution >= 4 is 5.91 Å². The summed E-state index contributed by atoms with van der Waals surface area (Å²) in [5.74, 6) is -0.502. The molecule has 0 saturated heterocycles. The highest BCUT2D eigenvalue weighted by molar-refractivity contribution is 5.92. The Morgan fingerprint density at radius 2 is 1.67 bits per heavy atom. The zero-order valence-corrected chi connectivity index (χ0v) is 15.5. The second-order valence-corrected chi connectivity index (χ2v) is 6.22. The molecule has 3 rings (SSSR count). The predicted octanol–water partition coefficient (Wildman–Crippen LogP) is 4.07. The lowest BCUT2D eigenvalue weighted by Gasteiger charge is -2.11. The lowest BCUT2D eigenvalue weighted by atomic mass is 10.0. The number of aromatic nitrogens is 1. The van der Waals surface area contributed by atoms with Gasteiger partial charge in [0.2, 0.25) is 0 Å². The van der Waals surface area contributed by atoms with E-state index in [0.29, 0.717) is 17.0 Å². The maximum Gasteiger partial charge on any atom is 0.573 e. The van der Waals surface area contributed by atoms with Crippen molar-refractivity contribution in [2.45, 2.75) is 12.8 Å². The molecule has 0 spiro atoms. The first-order chi connectivity index (χ1) is 14.2. The first-order valence-electron chi connectivity index (χ1n) is 8.79. The monoisotopic (exact) mass is 418 g/mol. The molecule has 1 heterocycles. The number of nitrogens with two attached hydrogens (primary N) is 1. The smallest absolute Gasteiger partial charge is 0.457 e. The van der Waals surface area contributed by atoms with E-state index in [1.54, 1.807) is 30.3 Å². The van der Waals surface area contributed by atoms with Crippen molar-refractivity contribution in [2.75, 3.05) is 6.61 Å². The van der Waals surface area contributed by atoms with Gasteiger partial charge in [0.15, 0.2) is 0 Å². The van der Waals surface area contributed by atoms with Gasteiger partial charge in [0.05, 0.1) is 0 Å². The molecule has 0 aliphatic heterocycles. The Morgan fingerprint density at radius 3 is 2.30 bits per heavy atom. The van der Waals surface area contributed by atoms with E-state index in [1.165, 1.54) is 24.3 Å². The number of carbonyl (C=O) groups excluding carboxylic acids is 1. The van der Waals surface area contributed by atoms with Gasteiger partial charge in [-0.05, 0) is 47.5 Å². The Balaban J connectivity index is 1.80. The van der Waals surface area contributed by atoms with Gasteiger partial charge in [0.1, 0.15) is 22.9 Å². The molecule has 30 heavy (non-hydrogen) atoms. The molecule has 0 aliphatic carbocycles. The van der Waals surface area contributed by atoms with Crippen LogP contribution in [0.5, 0.6) is 17.2 Å². The van der Waals surface area contributed by atoms with Gasteiger partial charge in [-0.15, -0.1) is 13.2 Å². The summed E-state index contributed by atoms with van der Waals surface area (Å²) in [6, 6.07) is 15.1. The maximum absolute atomic E-state index is 12.4. The molecular formula is C21H17F3N2O4. The number of nitrogens with zero attached hydrogens (tertiary/aromatic N) is 1. The van der Waals surface area contributed by atoms with E-state index in [2.05, 4.69) is 9.72 Å². The zero-order chi connectivity index (χ0) is 21.7. The van der Waals surface area contributed by atoms with Gasteiger partial charge in [0, 0.05) is 24.8 Å². The van der Waals surface area contributed by atoms with Crippen molar-refractivity contribution in [2.24, 2.45) is 5.73 Å². The summed E-state index contributed by atoms with van der Waals surface area (Å²) >= 11 is 0. The molecular weight excluding hydrogens is 401 g/mol. The number of primary amides is 1. The van der Waals surface area contributed by atoms with E-state index in [9.17, 15) is 18.0 Å². The summed E-state index contributed by atoms with van der Waals surface area (Å²) in [4.78, 5) is 15.6. The summed E-state index contributed by atoms with van der Waals surface area (Å²) < 4.78 is 46.5. The van der Waals surface area contributed by atoms with Crippen LogP contribution in [0, 0.1) is 0 Å². The van der Waals surface area contributed by atoms with Crippen LogP contribution >= 0.6 is 0 Å². The molecule has 156 valence electrons. The molecule has 0 bridgehead atoms. The van der Waals surface area contributed by atoms with Crippen molar-refractivity contribution in [1.29, 1.82) is 0 Å². The number of amides is 1. The van der Waals surface area contributed by atoms with Crippen LogP contribution in [0.2, 0.25) is 0 Å². The third-order valence-corrected chi connectivity index (χ3v) is 3.96. The van der Waals surface area contributed by atoms with Crippen LogP contribution in [-0.2, 0) is 6.42 Å². The molecule has 1 amide bonds. The Hall–Kier alpha value is -3.59. The van der Waals surface area contributed by atoms with Crippen molar-refractivity contribution in [3.05, 3.63) is 72.1 Å². The molecule has 1 aromatic heterocycles. The Morgan fingerprint density at radius 1 is 0.967 bits per heavy atom. The van der Waals surface area contributed by atoms with Gasteiger partial charge < -0.3 is 20.3 Å². The van der Waals surface area contributed by atoms with Gasteiger partial charge in [-0.1, -0.05) is 18.2 Å². The lowest BCUT2D eigenvalue weighted by molar-refractivity contribution is -0.274. The average molecular weight is 418 g/mol. The normalized spacial score (nSPS) is 11.2. The Labute approximate surface area is 169 Å². The quantitative estimate of drug-likeness (QED) is 0.603. The number of rotatable bonds is 7. The molecule has 0 atom stereocenters. The Kier molecular flexibility index (Phi) is 6.22. The largest absolute Gasteiger partial charge is 0.573 e. The number of aliphatic hydroxyl groups excluding tert-OH is 1. The van der Waals surface area contributed by atoms with Crippen LogP contribution in [0.3, 0.4) is 0 Å². The predicted molar refractivity (Wildman–Crippen MR) is 102 cm³/mol. The third kappa shape index (κ3) is 5.71. The highest BCUT2D eigenvalue weighted by atomic mass is 19.4. The highest BCUT2D eigenvalue weighted by Gasteiger charge is 2.31. The molecule has 0 radical (unpaired) electrons. The first kappa shape index (κ1) is 21.1. The van der Waals surface area contributed by atoms with E-state index in [-0.39, 0.29) is 30.2 Å². The van der Waals surface area contributed by atoms with Crippen LogP contribution in [0.15, 0.2) is 60.7 Å². The third-order valence-electron chi connectivity index (χ3n) is 3.96. The van der Waals surface area contributed by atoms with Gasteiger partial charge in [0.25, 0.3) is 5.91 Å². The van der Waals surface area contributed by atoms with Crippen molar-refractivity contribution in [3.8, 4) is 28.4 Å². The number of hydrogen-bond acceptors (Lipinski definition) is 5. The summed E-state index contributed by atoms with van der Waals surface area (Å²) in [6.45, 7) is -0.126. The molecule has 0 fully saturated rings. The number of benzene rings is 2. The number of halogens is 3. The summed E-state index contributed by atoms with van der Waals surface area (Å²) in [5, 5.41) is 9.13. The second-order valence-electron chi connectivity index (χ2n) is 6.22. The van der Waals surface area contributed by atoms with E-state index in [4.69, 9.17) is 15.6 Å². The minimum absolute atomic E-state index is 0.0813. The van der Waals surface area contributed by atoms with E-state index < -0.39 is 12.3 Å². The average Bonchev–Trinajstić information content (AvgIpc) is 2.67. The van der Waals surface area contributed by atoms with Crippen LogP contribution in [0.1, 0.15) is 16.2 Å². The first-order valence-corrected chi connectivity index (χ1v) is 8.79. The number of carbonyl (C=O) groups is 1. The van der Waals surface area contributed by atoms with Gasteiger partial charge >= 0.3 is 6.36 Å². The number of alkyl halides is 3. The molecule has 6 nitrogen and oxygen atoms in total. The number of ether oxygens (including phenoxy) is 2. The van der Waals surface area contributed by atoms with Crippen LogP contribution in [0.25, 0.3) is 11.1 Å². The van der Waals surface area contributed by atoms with E-state index >= 15 is 0 Å². The molecule has 0 unspecified atom stereocenters. The highest BCUT2D eigenvalue weighted by Crippen LogP contribution is 2.30. The van der Waals surface area contributed by atoms with Gasteiger partial charge in [-0.25, -0.2) is 4.98 Å². The van der Waals surface area contributed by atoms with E-state index in [1.807, 2.05) is 0 Å². The minimum Gasteiger partial charge on any atom is -0.457 e. The van der Waals surface area contributed by atoms with Gasteiger partial charge in [-0.3, -0.25) is 4.79 Å². The van der Waals surface area contributed by atoms with Crippen molar-refractivity contribution < 1.29 is 32.5 Å². The van der Waals surface area contributed by atoms with Crippen LogP contribution in [-0.4, -0.2) is 29.0 Å². The fourth-order valence-electron chi connectivity index (χ4n) is 2.71. The standard InChI is InChI=1S/C21H17F3N2O4/c22-21(23,24)30-18-3-1-2-17(12-18)29-16-6-4-13(5-7-16)14-10-15(8-9-27)26-19(11-14)20(25)28/h1-7,10-12,27H,8-9H2,(H2,25,28). The molecule has 0 aliphatic rings. The summed E-state index contributed by atoms with van der Waals surface area (Å²) in [5.41, 5.74) is 7.33. The second kappa shape index (κ2) is 8.83. The molecule has 2 aromatic carbocycles. The number of pyridine rings is 1. The molecule has 3 N–H and O–H groups in total. The molecule has 0 saturated carbocycles. The fraction of sp³-hybridized carbons (Fsp3) is 0.143. The lowest BCUT2D eigenvalue weighted by Crippen LogP contribution is -2.16. The molecule has 3 aromatic rings. The summed E-state index contributed by atoms with van der Waals surface area (Å²) in [6.07, 6.45) is -4.52. The SMILES string of the molecule is NC(=O)c1cc(-c2ccc(Oc3cccc(OC(F)(F)F)c3)cc2)cc(CCO)n1. The van der Waals surface area contributed by atoms with Gasteiger partial charge in [-0.2, -0.15) is 0 Å². The number of aliphatic hydroxyl groups is 1. The number of hydrogen-bond donors (Lipinski definition) is 2. The van der Waals surface area contributed by atoms with Crippen LogP contribution in [0.4, 0.5) is 13.2 Å². The Bertz CT molecular complexity index is 1040. The summed E-state index contributed by atoms with van der Waals surface area (Å²) in [7, 11) is 0. The molecule has 9 heteroatoms. The topological polar surface area (TPSA) is 94.7 Å². The maximum atomic E-state index is 12.4.